The quantitative estimate of drug-likeness (QED) is 0.853. The third-order valence-electron chi connectivity index (χ3n) is 2.11. The minimum Gasteiger partial charge on any atom is -0.488 e. The standard InChI is InChI=1S/C13H17BrClNO/c1-9(2)16-7-11-6-12(4-5-13(11)14)17-8-10(3)15/h4-6,9,16H,3,7-8H2,1-2H3. The molecule has 0 fully saturated rings. The van der Waals surface area contributed by atoms with Crippen LogP contribution in [0.4, 0.5) is 0 Å². The third kappa shape index (κ3) is 5.57. The number of ether oxygens (including phenoxy) is 1. The first kappa shape index (κ1) is 14.6. The van der Waals surface area contributed by atoms with Gasteiger partial charge in [0.05, 0.1) is 0 Å². The number of nitrogens with one attached hydrogen (secondary N) is 1. The van der Waals surface area contributed by atoms with Gasteiger partial charge in [0.25, 0.3) is 0 Å². The molecule has 0 saturated heterocycles. The van der Waals surface area contributed by atoms with Gasteiger partial charge in [0.1, 0.15) is 12.4 Å². The van der Waals surface area contributed by atoms with Crippen LogP contribution in [-0.2, 0) is 6.54 Å². The average Bonchev–Trinajstić information content (AvgIpc) is 2.26. The van der Waals surface area contributed by atoms with Crippen LogP contribution in [0.15, 0.2) is 34.3 Å². The molecule has 0 radical (unpaired) electrons. The summed E-state index contributed by atoms with van der Waals surface area (Å²) >= 11 is 9.18. The van der Waals surface area contributed by atoms with E-state index < -0.39 is 0 Å². The summed E-state index contributed by atoms with van der Waals surface area (Å²) in [5.41, 5.74) is 1.16. The van der Waals surface area contributed by atoms with Crippen molar-refractivity contribution < 1.29 is 4.74 Å². The van der Waals surface area contributed by atoms with E-state index in [9.17, 15) is 0 Å². The molecule has 0 atom stereocenters. The van der Waals surface area contributed by atoms with Gasteiger partial charge >= 0.3 is 0 Å². The highest BCUT2D eigenvalue weighted by molar-refractivity contribution is 9.10. The molecule has 1 aromatic carbocycles. The van der Waals surface area contributed by atoms with Crippen molar-refractivity contribution >= 4 is 27.5 Å². The molecule has 0 aliphatic heterocycles. The largest absolute Gasteiger partial charge is 0.488 e. The van der Waals surface area contributed by atoms with Gasteiger partial charge in [-0.25, -0.2) is 0 Å². The Kier molecular flexibility index (Phi) is 6.03. The molecular weight excluding hydrogens is 302 g/mol. The lowest BCUT2D eigenvalue weighted by Crippen LogP contribution is -2.22. The summed E-state index contributed by atoms with van der Waals surface area (Å²) in [6.07, 6.45) is 0. The van der Waals surface area contributed by atoms with Gasteiger partial charge in [-0.2, -0.15) is 0 Å². The highest BCUT2D eigenvalue weighted by atomic mass is 79.9. The van der Waals surface area contributed by atoms with Crippen molar-refractivity contribution in [2.45, 2.75) is 26.4 Å². The molecule has 0 bridgehead atoms. The smallest absolute Gasteiger partial charge is 0.123 e. The molecule has 0 aliphatic carbocycles. The third-order valence-corrected chi connectivity index (χ3v) is 3.00. The van der Waals surface area contributed by atoms with Crippen molar-refractivity contribution in [3.05, 3.63) is 39.8 Å². The van der Waals surface area contributed by atoms with E-state index in [1.165, 1.54) is 0 Å². The molecule has 2 nitrogen and oxygen atoms in total. The Morgan fingerprint density at radius 3 is 2.82 bits per heavy atom. The average molecular weight is 319 g/mol. The summed E-state index contributed by atoms with van der Waals surface area (Å²) in [6.45, 7) is 8.96. The predicted molar refractivity (Wildman–Crippen MR) is 76.6 cm³/mol. The van der Waals surface area contributed by atoms with Crippen LogP contribution in [0.3, 0.4) is 0 Å². The zero-order chi connectivity index (χ0) is 12.8. The van der Waals surface area contributed by atoms with Gasteiger partial charge in [0.15, 0.2) is 0 Å². The Morgan fingerprint density at radius 1 is 1.53 bits per heavy atom. The molecule has 0 aromatic heterocycles. The second kappa shape index (κ2) is 7.04. The highest BCUT2D eigenvalue weighted by Gasteiger charge is 2.03. The van der Waals surface area contributed by atoms with E-state index in [0.29, 0.717) is 17.7 Å². The molecule has 0 unspecified atom stereocenters. The molecule has 0 saturated carbocycles. The van der Waals surface area contributed by atoms with Gasteiger partial charge in [-0.15, -0.1) is 0 Å². The summed E-state index contributed by atoms with van der Waals surface area (Å²) in [7, 11) is 0. The fraction of sp³-hybridized carbons (Fsp3) is 0.385. The summed E-state index contributed by atoms with van der Waals surface area (Å²) in [6, 6.07) is 6.33. The van der Waals surface area contributed by atoms with Crippen LogP contribution in [0.1, 0.15) is 19.4 Å². The van der Waals surface area contributed by atoms with Crippen molar-refractivity contribution in [3.63, 3.8) is 0 Å². The molecule has 17 heavy (non-hydrogen) atoms. The maximum atomic E-state index is 5.66. The van der Waals surface area contributed by atoms with Gasteiger partial charge in [0, 0.05) is 22.1 Å². The molecule has 0 heterocycles. The Labute approximate surface area is 116 Å². The molecule has 94 valence electrons. The molecule has 0 amide bonds. The Hall–Kier alpha value is -0.510. The Bertz CT molecular complexity index is 393. The van der Waals surface area contributed by atoms with Gasteiger partial charge in [0.2, 0.25) is 0 Å². The van der Waals surface area contributed by atoms with Gasteiger partial charge < -0.3 is 10.1 Å². The van der Waals surface area contributed by atoms with Crippen LogP contribution >= 0.6 is 27.5 Å². The summed E-state index contributed by atoms with van der Waals surface area (Å²) < 4.78 is 6.56. The van der Waals surface area contributed by atoms with Crippen molar-refractivity contribution in [2.75, 3.05) is 6.61 Å². The van der Waals surface area contributed by atoms with E-state index in [0.717, 1.165) is 22.3 Å². The van der Waals surface area contributed by atoms with Gasteiger partial charge in [-0.05, 0) is 23.8 Å². The van der Waals surface area contributed by atoms with Crippen LogP contribution in [0.2, 0.25) is 0 Å². The monoisotopic (exact) mass is 317 g/mol. The van der Waals surface area contributed by atoms with Crippen LogP contribution in [-0.4, -0.2) is 12.6 Å². The van der Waals surface area contributed by atoms with Crippen LogP contribution in [0.5, 0.6) is 5.75 Å². The SMILES string of the molecule is C=C(Cl)COc1ccc(Br)c(CNC(C)C)c1. The first-order chi connectivity index (χ1) is 7.99. The van der Waals surface area contributed by atoms with E-state index in [-0.39, 0.29) is 0 Å². The Balaban J connectivity index is 2.68. The first-order valence-corrected chi connectivity index (χ1v) is 6.64. The molecule has 1 rings (SSSR count). The molecule has 0 spiro atoms. The van der Waals surface area contributed by atoms with Crippen molar-refractivity contribution in [1.82, 2.24) is 5.32 Å². The van der Waals surface area contributed by atoms with E-state index in [1.54, 1.807) is 0 Å². The summed E-state index contributed by atoms with van der Waals surface area (Å²) in [5.74, 6) is 0.801. The normalized spacial score (nSPS) is 10.6. The van der Waals surface area contributed by atoms with Gasteiger partial charge in [-0.1, -0.05) is 48.0 Å². The van der Waals surface area contributed by atoms with E-state index >= 15 is 0 Å². The lowest BCUT2D eigenvalue weighted by atomic mass is 10.2. The van der Waals surface area contributed by atoms with E-state index in [2.05, 4.69) is 41.7 Å². The van der Waals surface area contributed by atoms with Crippen molar-refractivity contribution in [1.29, 1.82) is 0 Å². The zero-order valence-corrected chi connectivity index (χ0v) is 12.4. The maximum absolute atomic E-state index is 5.66. The minimum absolute atomic E-state index is 0.334. The summed E-state index contributed by atoms with van der Waals surface area (Å²) in [5, 5.41) is 3.86. The lowest BCUT2D eigenvalue weighted by molar-refractivity contribution is 0.359. The van der Waals surface area contributed by atoms with Crippen LogP contribution in [0, 0.1) is 0 Å². The Morgan fingerprint density at radius 2 is 2.24 bits per heavy atom. The van der Waals surface area contributed by atoms with E-state index in [1.807, 2.05) is 18.2 Å². The molecule has 0 aliphatic rings. The zero-order valence-electron chi connectivity index (χ0n) is 10.1. The van der Waals surface area contributed by atoms with E-state index in [4.69, 9.17) is 16.3 Å². The fourth-order valence-corrected chi connectivity index (χ4v) is 1.69. The minimum atomic E-state index is 0.334. The predicted octanol–water partition coefficient (Wildman–Crippen LogP) is 4.08. The maximum Gasteiger partial charge on any atom is 0.123 e. The molecular formula is C13H17BrClNO. The second-order valence-electron chi connectivity index (χ2n) is 4.09. The number of halogens is 2. The highest BCUT2D eigenvalue weighted by Crippen LogP contribution is 2.23. The first-order valence-electron chi connectivity index (χ1n) is 5.47. The fourth-order valence-electron chi connectivity index (χ4n) is 1.25. The molecule has 4 heteroatoms. The van der Waals surface area contributed by atoms with Crippen LogP contribution in [0.25, 0.3) is 0 Å². The lowest BCUT2D eigenvalue weighted by Gasteiger charge is -2.12. The van der Waals surface area contributed by atoms with Crippen molar-refractivity contribution in [2.24, 2.45) is 0 Å². The molecule has 1 N–H and O–H groups in total. The van der Waals surface area contributed by atoms with Crippen LogP contribution < -0.4 is 10.1 Å². The molecule has 1 aromatic rings. The number of hydrogen-bond donors (Lipinski definition) is 1. The number of rotatable bonds is 6. The summed E-state index contributed by atoms with van der Waals surface area (Å²) in [4.78, 5) is 0. The van der Waals surface area contributed by atoms with Crippen molar-refractivity contribution in [3.8, 4) is 5.75 Å². The topological polar surface area (TPSA) is 21.3 Å². The van der Waals surface area contributed by atoms with Gasteiger partial charge in [-0.3, -0.25) is 0 Å². The number of hydrogen-bond acceptors (Lipinski definition) is 2. The second-order valence-corrected chi connectivity index (χ2v) is 5.48. The number of benzene rings is 1.